The highest BCUT2D eigenvalue weighted by Crippen LogP contribution is 2.19. The topological polar surface area (TPSA) is 54.9 Å². The van der Waals surface area contributed by atoms with Crippen molar-refractivity contribution in [1.82, 2.24) is 14.9 Å². The lowest BCUT2D eigenvalue weighted by Crippen LogP contribution is -2.26. The second kappa shape index (κ2) is 6.12. The summed E-state index contributed by atoms with van der Waals surface area (Å²) < 4.78 is 3.82. The van der Waals surface area contributed by atoms with Crippen LogP contribution in [0.15, 0.2) is 24.3 Å². The average molecular weight is 296 g/mol. The number of nitrogens with zero attached hydrogens (tertiary/aromatic N) is 2. The largest absolute Gasteiger partial charge is 0.345 e. The van der Waals surface area contributed by atoms with Gasteiger partial charge in [0.25, 0.3) is 5.91 Å². The van der Waals surface area contributed by atoms with Crippen LogP contribution in [0.25, 0.3) is 0 Å². The monoisotopic (exact) mass is 295 g/mol. The number of hydrogen-bond acceptors (Lipinski definition) is 4. The molecule has 1 aromatic heterocycles. The second-order valence-electron chi connectivity index (χ2n) is 4.15. The SMILES string of the molecule is CCc1nnsc1C(=O)N[C@H](C)c1cccc(Cl)c1. The van der Waals surface area contributed by atoms with E-state index in [9.17, 15) is 4.79 Å². The van der Waals surface area contributed by atoms with Crippen molar-refractivity contribution >= 4 is 29.0 Å². The quantitative estimate of drug-likeness (QED) is 0.942. The van der Waals surface area contributed by atoms with Gasteiger partial charge in [-0.1, -0.05) is 35.1 Å². The van der Waals surface area contributed by atoms with Crippen LogP contribution < -0.4 is 5.32 Å². The smallest absolute Gasteiger partial charge is 0.265 e. The molecule has 19 heavy (non-hydrogen) atoms. The number of carbonyl (C=O) groups is 1. The van der Waals surface area contributed by atoms with Gasteiger partial charge in [-0.05, 0) is 42.6 Å². The Bertz CT molecular complexity index is 585. The van der Waals surface area contributed by atoms with Crippen LogP contribution in [-0.2, 0) is 6.42 Å². The molecule has 100 valence electrons. The molecule has 1 heterocycles. The van der Waals surface area contributed by atoms with Crippen molar-refractivity contribution in [3.05, 3.63) is 45.4 Å². The fourth-order valence-corrected chi connectivity index (χ4v) is 2.59. The van der Waals surface area contributed by atoms with E-state index in [4.69, 9.17) is 11.6 Å². The number of aryl methyl sites for hydroxylation is 1. The van der Waals surface area contributed by atoms with Crippen molar-refractivity contribution < 1.29 is 4.79 Å². The first-order valence-corrected chi connectivity index (χ1v) is 7.14. The zero-order valence-corrected chi connectivity index (χ0v) is 12.3. The van der Waals surface area contributed by atoms with Crippen molar-refractivity contribution in [3.8, 4) is 0 Å². The third-order valence-electron chi connectivity index (χ3n) is 2.79. The Hall–Kier alpha value is -1.46. The summed E-state index contributed by atoms with van der Waals surface area (Å²) >= 11 is 7.07. The number of benzene rings is 1. The lowest BCUT2D eigenvalue weighted by atomic mass is 10.1. The van der Waals surface area contributed by atoms with Crippen LogP contribution in [0.4, 0.5) is 0 Å². The summed E-state index contributed by atoms with van der Waals surface area (Å²) in [5, 5.41) is 7.53. The van der Waals surface area contributed by atoms with Gasteiger partial charge in [0.05, 0.1) is 11.7 Å². The maximum absolute atomic E-state index is 12.1. The maximum atomic E-state index is 12.1. The molecule has 1 aromatic carbocycles. The molecule has 1 amide bonds. The summed E-state index contributed by atoms with van der Waals surface area (Å²) in [4.78, 5) is 12.7. The molecule has 0 spiro atoms. The molecule has 1 N–H and O–H groups in total. The normalized spacial score (nSPS) is 12.2. The van der Waals surface area contributed by atoms with Gasteiger partial charge in [-0.15, -0.1) is 5.10 Å². The van der Waals surface area contributed by atoms with Gasteiger partial charge < -0.3 is 5.32 Å². The van der Waals surface area contributed by atoms with Crippen molar-refractivity contribution in [3.63, 3.8) is 0 Å². The van der Waals surface area contributed by atoms with Gasteiger partial charge in [0.1, 0.15) is 4.88 Å². The van der Waals surface area contributed by atoms with Crippen molar-refractivity contribution in [1.29, 1.82) is 0 Å². The predicted octanol–water partition coefficient (Wildman–Crippen LogP) is 3.24. The summed E-state index contributed by atoms with van der Waals surface area (Å²) in [5.74, 6) is -0.140. The highest BCUT2D eigenvalue weighted by Gasteiger charge is 2.17. The molecule has 2 rings (SSSR count). The van der Waals surface area contributed by atoms with Gasteiger partial charge in [0, 0.05) is 5.02 Å². The van der Waals surface area contributed by atoms with Gasteiger partial charge in [0.15, 0.2) is 0 Å². The van der Waals surface area contributed by atoms with Gasteiger partial charge in [0.2, 0.25) is 0 Å². The molecular weight excluding hydrogens is 282 g/mol. The van der Waals surface area contributed by atoms with E-state index in [0.717, 1.165) is 22.8 Å². The van der Waals surface area contributed by atoms with Crippen molar-refractivity contribution in [2.75, 3.05) is 0 Å². The van der Waals surface area contributed by atoms with Crippen LogP contribution in [0.5, 0.6) is 0 Å². The number of hydrogen-bond donors (Lipinski definition) is 1. The standard InChI is InChI=1S/C13H14ClN3OS/c1-3-11-12(19-17-16-11)13(18)15-8(2)9-5-4-6-10(14)7-9/h4-8H,3H2,1-2H3,(H,15,18)/t8-/m1/s1. The second-order valence-corrected chi connectivity index (χ2v) is 5.34. The summed E-state index contributed by atoms with van der Waals surface area (Å²) in [7, 11) is 0. The van der Waals surface area contributed by atoms with Crippen LogP contribution in [0.2, 0.25) is 5.02 Å². The first kappa shape index (κ1) is 14.0. The summed E-state index contributed by atoms with van der Waals surface area (Å²) in [6.07, 6.45) is 0.699. The molecule has 0 fully saturated rings. The molecule has 0 saturated heterocycles. The number of amides is 1. The average Bonchev–Trinajstić information content (AvgIpc) is 2.87. The molecule has 0 bridgehead atoms. The molecule has 0 aliphatic heterocycles. The molecule has 0 radical (unpaired) electrons. The van der Waals surface area contributed by atoms with E-state index in [2.05, 4.69) is 14.9 Å². The fraction of sp³-hybridized carbons (Fsp3) is 0.308. The first-order valence-electron chi connectivity index (χ1n) is 5.99. The summed E-state index contributed by atoms with van der Waals surface area (Å²) in [6, 6.07) is 7.34. The van der Waals surface area contributed by atoms with E-state index in [1.165, 1.54) is 0 Å². The molecule has 2 aromatic rings. The number of carbonyl (C=O) groups excluding carboxylic acids is 1. The first-order chi connectivity index (χ1) is 9.11. The zero-order valence-electron chi connectivity index (χ0n) is 10.7. The Kier molecular flexibility index (Phi) is 4.50. The Morgan fingerprint density at radius 3 is 3.00 bits per heavy atom. The molecule has 0 saturated carbocycles. The minimum absolute atomic E-state index is 0.113. The molecule has 4 nitrogen and oxygen atoms in total. The van der Waals surface area contributed by atoms with Crippen LogP contribution in [0.3, 0.4) is 0 Å². The van der Waals surface area contributed by atoms with E-state index in [1.54, 1.807) is 0 Å². The summed E-state index contributed by atoms with van der Waals surface area (Å²) in [6.45, 7) is 3.87. The van der Waals surface area contributed by atoms with E-state index >= 15 is 0 Å². The summed E-state index contributed by atoms with van der Waals surface area (Å²) in [5.41, 5.74) is 1.71. The van der Waals surface area contributed by atoms with E-state index in [-0.39, 0.29) is 11.9 Å². The highest BCUT2D eigenvalue weighted by molar-refractivity contribution is 7.08. The zero-order chi connectivity index (χ0) is 13.8. The van der Waals surface area contributed by atoms with Gasteiger partial charge in [-0.3, -0.25) is 4.79 Å². The minimum atomic E-state index is -0.140. The molecule has 0 aliphatic rings. The van der Waals surface area contributed by atoms with Gasteiger partial charge in [-0.2, -0.15) is 0 Å². The van der Waals surface area contributed by atoms with Crippen LogP contribution in [0.1, 0.15) is 40.8 Å². The van der Waals surface area contributed by atoms with Crippen LogP contribution in [0, 0.1) is 0 Å². The molecule has 1 atom stereocenters. The molecule has 0 aliphatic carbocycles. The fourth-order valence-electron chi connectivity index (χ4n) is 1.73. The lowest BCUT2D eigenvalue weighted by Gasteiger charge is -2.14. The van der Waals surface area contributed by atoms with Crippen molar-refractivity contribution in [2.24, 2.45) is 0 Å². The van der Waals surface area contributed by atoms with E-state index in [1.807, 2.05) is 38.1 Å². The Morgan fingerprint density at radius 2 is 2.32 bits per heavy atom. The van der Waals surface area contributed by atoms with Crippen molar-refractivity contribution in [2.45, 2.75) is 26.3 Å². The number of aromatic nitrogens is 2. The number of halogens is 1. The van der Waals surface area contributed by atoms with Gasteiger partial charge in [-0.25, -0.2) is 0 Å². The predicted molar refractivity (Wildman–Crippen MR) is 76.6 cm³/mol. The third-order valence-corrected chi connectivity index (χ3v) is 3.80. The van der Waals surface area contributed by atoms with Gasteiger partial charge >= 0.3 is 0 Å². The van der Waals surface area contributed by atoms with E-state index < -0.39 is 0 Å². The molecule has 0 unspecified atom stereocenters. The van der Waals surface area contributed by atoms with Crippen LogP contribution >= 0.6 is 23.1 Å². The highest BCUT2D eigenvalue weighted by atomic mass is 35.5. The lowest BCUT2D eigenvalue weighted by molar-refractivity contribution is 0.0943. The number of nitrogens with one attached hydrogen (secondary N) is 1. The Labute approximate surface area is 121 Å². The van der Waals surface area contributed by atoms with Crippen LogP contribution in [-0.4, -0.2) is 15.5 Å². The molecular formula is C13H14ClN3OS. The number of rotatable bonds is 4. The maximum Gasteiger partial charge on any atom is 0.265 e. The Balaban J connectivity index is 2.11. The molecule has 6 heteroatoms. The van der Waals surface area contributed by atoms with E-state index in [0.29, 0.717) is 16.3 Å². The Morgan fingerprint density at radius 1 is 1.53 bits per heavy atom. The minimum Gasteiger partial charge on any atom is -0.345 e. The third kappa shape index (κ3) is 3.30.